The minimum atomic E-state index is -0.0969. The fourth-order valence-corrected chi connectivity index (χ4v) is 3.60. The van der Waals surface area contributed by atoms with Crippen LogP contribution >= 0.6 is 23.4 Å². The first-order chi connectivity index (χ1) is 14.2. The Morgan fingerprint density at radius 2 is 1.83 bits per heavy atom. The molecule has 1 aromatic heterocycles. The van der Waals surface area contributed by atoms with Gasteiger partial charge in [-0.3, -0.25) is 4.79 Å². The molecule has 0 saturated carbocycles. The van der Waals surface area contributed by atoms with Gasteiger partial charge in [0, 0.05) is 12.7 Å². The summed E-state index contributed by atoms with van der Waals surface area (Å²) in [5, 5.41) is 12.4. The summed E-state index contributed by atoms with van der Waals surface area (Å²) in [6.45, 7) is 6.71. The maximum Gasteiger partial charge on any atom is 0.234 e. The molecule has 0 atom stereocenters. The van der Waals surface area contributed by atoms with Crippen LogP contribution < -0.4 is 10.1 Å². The highest BCUT2D eigenvalue weighted by molar-refractivity contribution is 7.99. The van der Waals surface area contributed by atoms with Crippen LogP contribution in [0.4, 0.5) is 5.69 Å². The molecular weight excluding hydrogens is 420 g/mol. The van der Waals surface area contributed by atoms with Gasteiger partial charge in [-0.05, 0) is 35.2 Å². The number of ether oxygens (including phenoxy) is 1. The molecule has 0 aliphatic rings. The van der Waals surface area contributed by atoms with Crippen LogP contribution in [0.3, 0.4) is 0 Å². The number of nitrogens with one attached hydrogen (secondary N) is 1. The minimum Gasteiger partial charge on any atom is -0.484 e. The van der Waals surface area contributed by atoms with E-state index in [0.717, 1.165) is 5.69 Å². The fourth-order valence-electron chi connectivity index (χ4n) is 2.68. The summed E-state index contributed by atoms with van der Waals surface area (Å²) in [5.74, 6) is 1.38. The largest absolute Gasteiger partial charge is 0.484 e. The summed E-state index contributed by atoms with van der Waals surface area (Å²) in [6.07, 6.45) is 0. The Kier molecular flexibility index (Phi) is 7.05. The number of hydrogen-bond acceptors (Lipinski definition) is 5. The van der Waals surface area contributed by atoms with Gasteiger partial charge < -0.3 is 14.6 Å². The highest BCUT2D eigenvalue weighted by atomic mass is 35.5. The highest BCUT2D eigenvalue weighted by Gasteiger charge is 2.15. The molecule has 0 aliphatic carbocycles. The predicted molar refractivity (Wildman–Crippen MR) is 121 cm³/mol. The zero-order valence-corrected chi connectivity index (χ0v) is 19.0. The van der Waals surface area contributed by atoms with Crippen molar-refractivity contribution in [3.05, 3.63) is 64.9 Å². The Balaban J connectivity index is 1.52. The molecule has 6 nitrogen and oxygen atoms in total. The van der Waals surface area contributed by atoms with Gasteiger partial charge in [0.25, 0.3) is 0 Å². The Labute approximate surface area is 186 Å². The third kappa shape index (κ3) is 5.77. The van der Waals surface area contributed by atoms with Gasteiger partial charge in [0.2, 0.25) is 5.91 Å². The molecule has 0 unspecified atom stereocenters. The quantitative estimate of drug-likeness (QED) is 0.515. The van der Waals surface area contributed by atoms with Crippen molar-refractivity contribution in [2.75, 3.05) is 11.1 Å². The minimum absolute atomic E-state index is 0.0802. The standard InChI is InChI=1S/C22H25ClN4O2S/c1-22(2,3)15-9-11-16(12-10-15)24-20(28)14-30-21-26-25-19(27(21)4)13-29-18-8-6-5-7-17(18)23/h5-12H,13-14H2,1-4H3,(H,24,28). The van der Waals surface area contributed by atoms with Gasteiger partial charge in [0.05, 0.1) is 10.8 Å². The first kappa shape index (κ1) is 22.2. The maximum absolute atomic E-state index is 12.3. The smallest absolute Gasteiger partial charge is 0.234 e. The average molecular weight is 445 g/mol. The molecule has 0 spiro atoms. The molecule has 0 fully saturated rings. The molecule has 0 aliphatic heterocycles. The van der Waals surface area contributed by atoms with Gasteiger partial charge in [0.15, 0.2) is 11.0 Å². The molecule has 0 saturated heterocycles. The lowest BCUT2D eigenvalue weighted by Crippen LogP contribution is -2.15. The predicted octanol–water partition coefficient (Wildman–Crippen LogP) is 5.08. The lowest BCUT2D eigenvalue weighted by Gasteiger charge is -2.19. The third-order valence-electron chi connectivity index (χ3n) is 4.49. The first-order valence-corrected chi connectivity index (χ1v) is 10.9. The van der Waals surface area contributed by atoms with E-state index in [9.17, 15) is 4.79 Å². The Morgan fingerprint density at radius 3 is 2.50 bits per heavy atom. The summed E-state index contributed by atoms with van der Waals surface area (Å²) < 4.78 is 7.52. The van der Waals surface area contributed by atoms with Gasteiger partial charge in [0.1, 0.15) is 12.4 Å². The Bertz CT molecular complexity index is 1010. The lowest BCUT2D eigenvalue weighted by atomic mass is 9.87. The van der Waals surface area contributed by atoms with Crippen molar-refractivity contribution in [3.63, 3.8) is 0 Å². The summed E-state index contributed by atoms with van der Waals surface area (Å²) in [4.78, 5) is 12.3. The van der Waals surface area contributed by atoms with E-state index in [2.05, 4.69) is 36.3 Å². The Hall–Kier alpha value is -2.51. The second kappa shape index (κ2) is 9.53. The molecule has 1 heterocycles. The number of rotatable bonds is 7. The number of carbonyl (C=O) groups excluding carboxylic acids is 1. The van der Waals surface area contributed by atoms with Crippen molar-refractivity contribution in [1.82, 2.24) is 14.8 Å². The number of aromatic nitrogens is 3. The van der Waals surface area contributed by atoms with E-state index in [-0.39, 0.29) is 23.7 Å². The number of thioether (sulfide) groups is 1. The zero-order chi connectivity index (χ0) is 21.7. The van der Waals surface area contributed by atoms with Crippen molar-refractivity contribution >= 4 is 35.0 Å². The van der Waals surface area contributed by atoms with Crippen molar-refractivity contribution in [1.29, 1.82) is 0 Å². The third-order valence-corrected chi connectivity index (χ3v) is 5.82. The van der Waals surface area contributed by atoms with Crippen molar-refractivity contribution < 1.29 is 9.53 Å². The van der Waals surface area contributed by atoms with Gasteiger partial charge in [-0.15, -0.1) is 10.2 Å². The van der Waals surface area contributed by atoms with Gasteiger partial charge in [-0.1, -0.05) is 68.4 Å². The molecule has 0 bridgehead atoms. The average Bonchev–Trinajstić information content (AvgIpc) is 3.05. The van der Waals surface area contributed by atoms with E-state index in [1.807, 2.05) is 48.0 Å². The normalized spacial score (nSPS) is 11.4. The van der Waals surface area contributed by atoms with Crippen LogP contribution in [0, 0.1) is 0 Å². The van der Waals surface area contributed by atoms with Crippen LogP contribution in [0.5, 0.6) is 5.75 Å². The molecule has 1 amide bonds. The molecular formula is C22H25ClN4O2S. The molecule has 1 N–H and O–H groups in total. The molecule has 2 aromatic carbocycles. The van der Waals surface area contributed by atoms with Crippen LogP contribution in [-0.2, 0) is 23.9 Å². The van der Waals surface area contributed by atoms with E-state index in [0.29, 0.717) is 21.8 Å². The van der Waals surface area contributed by atoms with E-state index in [1.165, 1.54) is 17.3 Å². The first-order valence-electron chi connectivity index (χ1n) is 9.53. The Morgan fingerprint density at radius 1 is 1.13 bits per heavy atom. The molecule has 30 heavy (non-hydrogen) atoms. The monoisotopic (exact) mass is 444 g/mol. The summed E-state index contributed by atoms with van der Waals surface area (Å²) in [6, 6.07) is 15.2. The number of para-hydroxylation sites is 1. The van der Waals surface area contributed by atoms with E-state index >= 15 is 0 Å². The number of benzene rings is 2. The molecule has 158 valence electrons. The fraction of sp³-hybridized carbons (Fsp3) is 0.318. The maximum atomic E-state index is 12.3. The van der Waals surface area contributed by atoms with Crippen LogP contribution in [0.25, 0.3) is 0 Å². The number of amides is 1. The van der Waals surface area contributed by atoms with Gasteiger partial charge in [-0.25, -0.2) is 0 Å². The number of nitrogens with zero attached hydrogens (tertiary/aromatic N) is 3. The number of carbonyl (C=O) groups is 1. The van der Waals surface area contributed by atoms with Crippen molar-refractivity contribution in [2.24, 2.45) is 7.05 Å². The lowest BCUT2D eigenvalue weighted by molar-refractivity contribution is -0.113. The van der Waals surface area contributed by atoms with Crippen LogP contribution in [0.15, 0.2) is 53.7 Å². The van der Waals surface area contributed by atoms with Crippen molar-refractivity contribution in [3.8, 4) is 5.75 Å². The van der Waals surface area contributed by atoms with Crippen LogP contribution in [0.1, 0.15) is 32.2 Å². The molecule has 0 radical (unpaired) electrons. The van der Waals surface area contributed by atoms with Gasteiger partial charge >= 0.3 is 0 Å². The summed E-state index contributed by atoms with van der Waals surface area (Å²) in [5.41, 5.74) is 2.08. The van der Waals surface area contributed by atoms with E-state index in [1.54, 1.807) is 12.1 Å². The van der Waals surface area contributed by atoms with Crippen LogP contribution in [-0.4, -0.2) is 26.4 Å². The second-order valence-corrected chi connectivity index (χ2v) is 9.19. The summed E-state index contributed by atoms with van der Waals surface area (Å²) >= 11 is 7.42. The van der Waals surface area contributed by atoms with E-state index < -0.39 is 0 Å². The molecule has 3 aromatic rings. The number of halogens is 1. The molecule has 8 heteroatoms. The zero-order valence-electron chi connectivity index (χ0n) is 17.5. The van der Waals surface area contributed by atoms with Crippen LogP contribution in [0.2, 0.25) is 5.02 Å². The van der Waals surface area contributed by atoms with E-state index in [4.69, 9.17) is 16.3 Å². The number of hydrogen-bond donors (Lipinski definition) is 1. The van der Waals surface area contributed by atoms with Crippen molar-refractivity contribution in [2.45, 2.75) is 37.9 Å². The van der Waals surface area contributed by atoms with Gasteiger partial charge in [-0.2, -0.15) is 0 Å². The summed E-state index contributed by atoms with van der Waals surface area (Å²) in [7, 11) is 1.84. The second-order valence-electron chi connectivity index (χ2n) is 7.84. The SMILES string of the molecule is Cn1c(COc2ccccc2Cl)nnc1SCC(=O)Nc1ccc(C(C)(C)C)cc1. The highest BCUT2D eigenvalue weighted by Crippen LogP contribution is 2.25. The number of anilines is 1. The topological polar surface area (TPSA) is 69.0 Å². The molecule has 3 rings (SSSR count).